The molecule has 0 unspecified atom stereocenters. The maximum Gasteiger partial charge on any atom is 0.251 e. The van der Waals surface area contributed by atoms with E-state index < -0.39 is 0 Å². The molecule has 0 atom stereocenters. The van der Waals surface area contributed by atoms with E-state index in [1.807, 2.05) is 6.92 Å². The molecule has 4 N–H and O–H groups in total. The molecule has 0 aromatic carbocycles. The minimum Gasteiger partial charge on any atom is -0.409 e. The molecule has 110 valence electrons. The number of oxime groups is 1. The SMILES string of the molecule is CCCc1cc(=O)[nH]c(Sc2cccc(C(N)=NO)n2)n1. The van der Waals surface area contributed by atoms with Crippen LogP contribution in [0, 0.1) is 0 Å². The van der Waals surface area contributed by atoms with Gasteiger partial charge in [0.25, 0.3) is 5.56 Å². The molecule has 0 saturated heterocycles. The number of hydrogen-bond donors (Lipinski definition) is 3. The summed E-state index contributed by atoms with van der Waals surface area (Å²) in [6.07, 6.45) is 1.66. The van der Waals surface area contributed by atoms with Crippen LogP contribution in [0.3, 0.4) is 0 Å². The lowest BCUT2D eigenvalue weighted by atomic mass is 10.2. The largest absolute Gasteiger partial charge is 0.409 e. The molecule has 0 radical (unpaired) electrons. The van der Waals surface area contributed by atoms with Crippen molar-refractivity contribution in [2.24, 2.45) is 10.9 Å². The van der Waals surface area contributed by atoms with Gasteiger partial charge in [0.15, 0.2) is 11.0 Å². The molecule has 0 aliphatic rings. The van der Waals surface area contributed by atoms with Crippen molar-refractivity contribution in [1.29, 1.82) is 0 Å². The van der Waals surface area contributed by atoms with Gasteiger partial charge < -0.3 is 15.9 Å². The van der Waals surface area contributed by atoms with Gasteiger partial charge in [-0.2, -0.15) is 0 Å². The first kappa shape index (κ1) is 15.0. The molecule has 21 heavy (non-hydrogen) atoms. The van der Waals surface area contributed by atoms with Crippen LogP contribution in [0.25, 0.3) is 0 Å². The summed E-state index contributed by atoms with van der Waals surface area (Å²) in [4.78, 5) is 22.9. The van der Waals surface area contributed by atoms with E-state index in [9.17, 15) is 4.79 Å². The Hall–Kier alpha value is -2.35. The van der Waals surface area contributed by atoms with Crippen LogP contribution >= 0.6 is 11.8 Å². The Morgan fingerprint density at radius 2 is 2.29 bits per heavy atom. The molecule has 0 spiro atoms. The third-order valence-corrected chi connectivity index (χ3v) is 3.40. The molecular weight excluding hydrogens is 290 g/mol. The van der Waals surface area contributed by atoms with Gasteiger partial charge in [-0.3, -0.25) is 4.79 Å². The Labute approximate surface area is 125 Å². The molecule has 2 rings (SSSR count). The van der Waals surface area contributed by atoms with Gasteiger partial charge in [0, 0.05) is 11.8 Å². The van der Waals surface area contributed by atoms with Crippen molar-refractivity contribution in [3.8, 4) is 0 Å². The number of aromatic amines is 1. The number of aromatic nitrogens is 3. The van der Waals surface area contributed by atoms with Gasteiger partial charge in [0.2, 0.25) is 0 Å². The van der Waals surface area contributed by atoms with Gasteiger partial charge in [-0.05, 0) is 30.3 Å². The number of nitrogens with two attached hydrogens (primary N) is 1. The van der Waals surface area contributed by atoms with Crippen molar-refractivity contribution in [2.75, 3.05) is 0 Å². The Morgan fingerprint density at radius 3 is 3.00 bits per heavy atom. The van der Waals surface area contributed by atoms with Gasteiger partial charge in [-0.15, -0.1) is 0 Å². The Kier molecular flexibility index (Phi) is 4.94. The molecule has 0 fully saturated rings. The third-order valence-electron chi connectivity index (χ3n) is 2.57. The monoisotopic (exact) mass is 305 g/mol. The summed E-state index contributed by atoms with van der Waals surface area (Å²) in [5.74, 6) is -0.0707. The summed E-state index contributed by atoms with van der Waals surface area (Å²) in [5.41, 5.74) is 6.41. The molecule has 2 heterocycles. The number of nitrogens with one attached hydrogen (secondary N) is 1. The highest BCUT2D eigenvalue weighted by molar-refractivity contribution is 7.99. The average molecular weight is 305 g/mol. The van der Waals surface area contributed by atoms with E-state index in [1.54, 1.807) is 18.2 Å². The molecule has 8 heteroatoms. The molecule has 0 aliphatic carbocycles. The van der Waals surface area contributed by atoms with Crippen molar-refractivity contribution in [1.82, 2.24) is 15.0 Å². The standard InChI is InChI=1S/C13H15N5O2S/c1-2-4-8-7-10(19)17-13(15-8)21-11-6-3-5-9(16-11)12(14)18-20/h3,5-7,20H,2,4H2,1H3,(H2,14,18)(H,15,17,19). The van der Waals surface area contributed by atoms with E-state index in [0.29, 0.717) is 15.9 Å². The molecular formula is C13H15N5O2S. The fourth-order valence-electron chi connectivity index (χ4n) is 1.68. The third kappa shape index (κ3) is 4.06. The number of nitrogens with zero attached hydrogens (tertiary/aromatic N) is 3. The van der Waals surface area contributed by atoms with Gasteiger partial charge in [-0.1, -0.05) is 24.6 Å². The van der Waals surface area contributed by atoms with Crippen molar-refractivity contribution < 1.29 is 5.21 Å². The highest BCUT2D eigenvalue weighted by Gasteiger charge is 2.07. The van der Waals surface area contributed by atoms with Crippen LogP contribution < -0.4 is 11.3 Å². The summed E-state index contributed by atoms with van der Waals surface area (Å²) in [6.45, 7) is 2.03. The molecule has 2 aromatic rings. The molecule has 0 aliphatic heterocycles. The summed E-state index contributed by atoms with van der Waals surface area (Å²) < 4.78 is 0. The van der Waals surface area contributed by atoms with Crippen LogP contribution in [-0.4, -0.2) is 26.0 Å². The number of rotatable bonds is 5. The summed E-state index contributed by atoms with van der Waals surface area (Å²) in [6, 6.07) is 6.61. The Morgan fingerprint density at radius 1 is 1.48 bits per heavy atom. The number of pyridine rings is 1. The number of hydrogen-bond acceptors (Lipinski definition) is 6. The molecule has 2 aromatic heterocycles. The second-order valence-corrected chi connectivity index (χ2v) is 5.25. The highest BCUT2D eigenvalue weighted by Crippen LogP contribution is 2.22. The first-order valence-electron chi connectivity index (χ1n) is 6.35. The summed E-state index contributed by atoms with van der Waals surface area (Å²) in [7, 11) is 0. The summed E-state index contributed by atoms with van der Waals surface area (Å²) >= 11 is 1.21. The minimum absolute atomic E-state index is 0.0707. The smallest absolute Gasteiger partial charge is 0.251 e. The minimum atomic E-state index is -0.191. The zero-order valence-corrected chi connectivity index (χ0v) is 12.2. The van der Waals surface area contributed by atoms with E-state index in [4.69, 9.17) is 10.9 Å². The van der Waals surface area contributed by atoms with Crippen LogP contribution in [0.2, 0.25) is 0 Å². The van der Waals surface area contributed by atoms with Crippen molar-refractivity contribution in [3.63, 3.8) is 0 Å². The maximum absolute atomic E-state index is 11.6. The summed E-state index contributed by atoms with van der Waals surface area (Å²) in [5, 5.41) is 12.6. The van der Waals surface area contributed by atoms with E-state index >= 15 is 0 Å². The fourth-order valence-corrected chi connectivity index (χ4v) is 2.48. The van der Waals surface area contributed by atoms with Crippen molar-refractivity contribution in [2.45, 2.75) is 29.9 Å². The van der Waals surface area contributed by atoms with E-state index in [2.05, 4.69) is 20.1 Å². The molecule has 7 nitrogen and oxygen atoms in total. The number of H-pyrrole nitrogens is 1. The fraction of sp³-hybridized carbons (Fsp3) is 0.231. The van der Waals surface area contributed by atoms with E-state index in [1.165, 1.54) is 17.8 Å². The van der Waals surface area contributed by atoms with E-state index in [-0.39, 0.29) is 11.4 Å². The second kappa shape index (κ2) is 6.89. The normalized spacial score (nSPS) is 11.6. The Bertz CT molecular complexity index is 714. The molecule has 0 saturated carbocycles. The predicted octanol–water partition coefficient (Wildman–Crippen LogP) is 1.36. The predicted molar refractivity (Wildman–Crippen MR) is 79.7 cm³/mol. The van der Waals surface area contributed by atoms with Crippen LogP contribution in [-0.2, 0) is 6.42 Å². The molecule has 0 amide bonds. The topological polar surface area (TPSA) is 117 Å². The lowest BCUT2D eigenvalue weighted by molar-refractivity contribution is 0.318. The van der Waals surface area contributed by atoms with Gasteiger partial charge in [0.05, 0.1) is 0 Å². The maximum atomic E-state index is 11.6. The van der Waals surface area contributed by atoms with Crippen LogP contribution in [0.1, 0.15) is 24.7 Å². The van der Waals surface area contributed by atoms with Gasteiger partial charge in [-0.25, -0.2) is 9.97 Å². The lowest BCUT2D eigenvalue weighted by Crippen LogP contribution is -2.15. The van der Waals surface area contributed by atoms with Crippen LogP contribution in [0.15, 0.2) is 44.4 Å². The zero-order valence-electron chi connectivity index (χ0n) is 11.4. The van der Waals surface area contributed by atoms with Crippen molar-refractivity contribution in [3.05, 3.63) is 46.0 Å². The van der Waals surface area contributed by atoms with Crippen LogP contribution in [0.4, 0.5) is 0 Å². The first-order valence-corrected chi connectivity index (χ1v) is 7.17. The van der Waals surface area contributed by atoms with Gasteiger partial charge >= 0.3 is 0 Å². The van der Waals surface area contributed by atoms with Gasteiger partial charge in [0.1, 0.15) is 10.7 Å². The number of aryl methyl sites for hydroxylation is 1. The first-order chi connectivity index (χ1) is 10.1. The van der Waals surface area contributed by atoms with Crippen molar-refractivity contribution >= 4 is 17.6 Å². The quantitative estimate of drug-likeness (QED) is 0.252. The zero-order chi connectivity index (χ0) is 15.2. The highest BCUT2D eigenvalue weighted by atomic mass is 32.2. The van der Waals surface area contributed by atoms with Crippen LogP contribution in [0.5, 0.6) is 0 Å². The lowest BCUT2D eigenvalue weighted by Gasteiger charge is -2.04. The second-order valence-electron chi connectivity index (χ2n) is 4.24. The Balaban J connectivity index is 2.28. The molecule has 0 bridgehead atoms. The number of amidine groups is 1. The van der Waals surface area contributed by atoms with E-state index in [0.717, 1.165) is 18.5 Å². The average Bonchev–Trinajstić information content (AvgIpc) is 2.46.